The largest absolute Gasteiger partial charge is 0.348 e. The Morgan fingerprint density at radius 2 is 1.77 bits per heavy atom. The fourth-order valence-electron chi connectivity index (χ4n) is 3.38. The number of piperidine rings is 1. The van der Waals surface area contributed by atoms with Gasteiger partial charge in [-0.3, -0.25) is 4.79 Å². The highest BCUT2D eigenvalue weighted by atomic mass is 32.2. The van der Waals surface area contributed by atoms with Gasteiger partial charge in [0, 0.05) is 27.2 Å². The van der Waals surface area contributed by atoms with Gasteiger partial charge in [-0.15, -0.1) is 0 Å². The lowest BCUT2D eigenvalue weighted by atomic mass is 9.64. The summed E-state index contributed by atoms with van der Waals surface area (Å²) < 4.78 is 27.1. The van der Waals surface area contributed by atoms with Crippen molar-refractivity contribution in [1.29, 1.82) is 0 Å². The molecular weight excluding hydrogens is 302 g/mol. The molecule has 6 nitrogen and oxygen atoms in total. The maximum Gasteiger partial charge on any atom is 0.281 e. The number of carbonyl (C=O) groups is 1. The first-order valence-corrected chi connectivity index (χ1v) is 8.81. The van der Waals surface area contributed by atoms with Gasteiger partial charge in [-0.1, -0.05) is 30.3 Å². The number of amides is 1. The second-order valence-electron chi connectivity index (χ2n) is 6.16. The molecule has 2 heterocycles. The molecule has 1 atom stereocenters. The predicted molar refractivity (Wildman–Crippen MR) is 83.2 cm³/mol. The van der Waals surface area contributed by atoms with Crippen molar-refractivity contribution in [2.75, 3.05) is 27.2 Å². The summed E-state index contributed by atoms with van der Waals surface area (Å²) in [5, 5.41) is 2.98. The third-order valence-electron chi connectivity index (χ3n) is 4.82. The lowest BCUT2D eigenvalue weighted by Crippen LogP contribution is -2.65. The van der Waals surface area contributed by atoms with Crippen LogP contribution in [0.15, 0.2) is 30.3 Å². The minimum absolute atomic E-state index is 0.00888. The number of β-lactam (4-membered cyclic amide) rings is 1. The maximum atomic E-state index is 12.2. The Kier molecular flexibility index (Phi) is 3.74. The van der Waals surface area contributed by atoms with Crippen LogP contribution in [0.5, 0.6) is 0 Å². The minimum Gasteiger partial charge on any atom is -0.348 e. The molecule has 0 bridgehead atoms. The Morgan fingerprint density at radius 1 is 1.18 bits per heavy atom. The van der Waals surface area contributed by atoms with Crippen LogP contribution in [-0.4, -0.2) is 50.1 Å². The minimum atomic E-state index is -3.40. The van der Waals surface area contributed by atoms with Crippen molar-refractivity contribution in [3.63, 3.8) is 0 Å². The van der Waals surface area contributed by atoms with E-state index in [4.69, 9.17) is 0 Å². The van der Waals surface area contributed by atoms with Crippen LogP contribution in [0.3, 0.4) is 0 Å². The van der Waals surface area contributed by atoms with Crippen LogP contribution >= 0.6 is 0 Å². The van der Waals surface area contributed by atoms with Crippen LogP contribution in [0.2, 0.25) is 0 Å². The molecule has 1 N–H and O–H groups in total. The summed E-state index contributed by atoms with van der Waals surface area (Å²) in [5.74, 6) is 0.0447. The number of hydrogen-bond acceptors (Lipinski definition) is 3. The Labute approximate surface area is 131 Å². The highest BCUT2D eigenvalue weighted by Gasteiger charge is 2.57. The number of nitrogens with zero attached hydrogens (tertiary/aromatic N) is 2. The van der Waals surface area contributed by atoms with Gasteiger partial charge in [0.2, 0.25) is 5.91 Å². The van der Waals surface area contributed by atoms with E-state index in [2.05, 4.69) is 5.32 Å². The summed E-state index contributed by atoms with van der Waals surface area (Å²) >= 11 is 0. The molecular formula is C15H21N3O3S. The summed E-state index contributed by atoms with van der Waals surface area (Å²) in [7, 11) is -0.338. The Bertz CT molecular complexity index is 665. The molecule has 1 aromatic carbocycles. The van der Waals surface area contributed by atoms with Crippen molar-refractivity contribution in [2.24, 2.45) is 5.41 Å². The van der Waals surface area contributed by atoms with E-state index in [0.29, 0.717) is 25.9 Å². The number of benzene rings is 1. The molecule has 7 heteroatoms. The molecule has 3 rings (SSSR count). The summed E-state index contributed by atoms with van der Waals surface area (Å²) in [6.07, 6.45) is 1.12. The lowest BCUT2D eigenvalue weighted by molar-refractivity contribution is -0.150. The molecule has 0 aromatic heterocycles. The Balaban J connectivity index is 1.78. The van der Waals surface area contributed by atoms with Crippen molar-refractivity contribution in [3.8, 4) is 0 Å². The van der Waals surface area contributed by atoms with Crippen LogP contribution < -0.4 is 5.32 Å². The average Bonchev–Trinajstić information content (AvgIpc) is 2.53. The van der Waals surface area contributed by atoms with E-state index in [9.17, 15) is 13.2 Å². The summed E-state index contributed by atoms with van der Waals surface area (Å²) in [4.78, 5) is 12.2. The smallest absolute Gasteiger partial charge is 0.281 e. The van der Waals surface area contributed by atoms with Crippen LogP contribution in [0.1, 0.15) is 24.4 Å². The van der Waals surface area contributed by atoms with Crippen molar-refractivity contribution >= 4 is 16.1 Å². The third kappa shape index (κ3) is 2.24. The molecule has 0 saturated carbocycles. The normalized spacial score (nSPS) is 25.0. The molecule has 2 saturated heterocycles. The van der Waals surface area contributed by atoms with Gasteiger partial charge in [-0.25, -0.2) is 0 Å². The van der Waals surface area contributed by atoms with E-state index in [1.807, 2.05) is 30.3 Å². The first-order valence-electron chi connectivity index (χ1n) is 7.41. The van der Waals surface area contributed by atoms with Gasteiger partial charge in [0.05, 0.1) is 11.5 Å². The van der Waals surface area contributed by atoms with E-state index < -0.39 is 15.6 Å². The number of rotatable bonds is 3. The molecule has 1 amide bonds. The van der Waals surface area contributed by atoms with Crippen molar-refractivity contribution in [1.82, 2.24) is 13.9 Å². The monoisotopic (exact) mass is 323 g/mol. The molecule has 0 radical (unpaired) electrons. The van der Waals surface area contributed by atoms with Gasteiger partial charge < -0.3 is 5.32 Å². The SMILES string of the molecule is CN(C)S(=O)(=O)N1CCC2(CC1)C(=O)NC2c1ccccc1. The molecule has 1 unspecified atom stereocenters. The first-order chi connectivity index (χ1) is 10.4. The van der Waals surface area contributed by atoms with Crippen LogP contribution in [-0.2, 0) is 15.0 Å². The van der Waals surface area contributed by atoms with Gasteiger partial charge >= 0.3 is 0 Å². The van der Waals surface area contributed by atoms with Crippen LogP contribution in [0, 0.1) is 5.41 Å². The zero-order valence-corrected chi connectivity index (χ0v) is 13.6. The first kappa shape index (κ1) is 15.5. The number of nitrogens with one attached hydrogen (secondary N) is 1. The highest BCUT2D eigenvalue weighted by Crippen LogP contribution is 2.49. The number of carbonyl (C=O) groups excluding carboxylic acids is 1. The van der Waals surface area contributed by atoms with E-state index in [1.54, 1.807) is 0 Å². The van der Waals surface area contributed by atoms with Crippen molar-refractivity contribution in [3.05, 3.63) is 35.9 Å². The standard InChI is InChI=1S/C15H21N3O3S/c1-17(2)22(20,21)18-10-8-15(9-11-18)13(16-14(15)19)12-6-4-3-5-7-12/h3-7,13H,8-11H2,1-2H3,(H,16,19). The third-order valence-corrected chi connectivity index (χ3v) is 6.76. The van der Waals surface area contributed by atoms with E-state index in [1.165, 1.54) is 22.7 Å². The molecule has 120 valence electrons. The summed E-state index contributed by atoms with van der Waals surface area (Å²) in [5.41, 5.74) is 0.630. The fraction of sp³-hybridized carbons (Fsp3) is 0.533. The molecule has 1 aromatic rings. The van der Waals surface area contributed by atoms with Crippen molar-refractivity contribution in [2.45, 2.75) is 18.9 Å². The van der Waals surface area contributed by atoms with Gasteiger partial charge in [0.1, 0.15) is 0 Å². The van der Waals surface area contributed by atoms with E-state index in [-0.39, 0.29) is 11.9 Å². The topological polar surface area (TPSA) is 69.7 Å². The highest BCUT2D eigenvalue weighted by molar-refractivity contribution is 7.86. The van der Waals surface area contributed by atoms with Gasteiger partial charge in [-0.05, 0) is 18.4 Å². The van der Waals surface area contributed by atoms with Gasteiger partial charge in [0.15, 0.2) is 0 Å². The quantitative estimate of drug-likeness (QED) is 0.835. The van der Waals surface area contributed by atoms with Crippen molar-refractivity contribution < 1.29 is 13.2 Å². The molecule has 2 aliphatic rings. The van der Waals surface area contributed by atoms with E-state index >= 15 is 0 Å². The van der Waals surface area contributed by atoms with E-state index in [0.717, 1.165) is 5.56 Å². The number of hydrogen-bond donors (Lipinski definition) is 1. The second-order valence-corrected chi connectivity index (χ2v) is 8.30. The zero-order chi connectivity index (χ0) is 16.0. The van der Waals surface area contributed by atoms with Crippen LogP contribution in [0.25, 0.3) is 0 Å². The van der Waals surface area contributed by atoms with Crippen LogP contribution in [0.4, 0.5) is 0 Å². The van der Waals surface area contributed by atoms with Gasteiger partial charge in [-0.2, -0.15) is 17.0 Å². The second kappa shape index (κ2) is 5.33. The Morgan fingerprint density at radius 3 is 2.27 bits per heavy atom. The summed E-state index contributed by atoms with van der Waals surface area (Å²) in [6, 6.07) is 9.87. The fourth-order valence-corrected chi connectivity index (χ4v) is 4.48. The predicted octanol–water partition coefficient (Wildman–Crippen LogP) is 0.746. The average molecular weight is 323 g/mol. The lowest BCUT2D eigenvalue weighted by Gasteiger charge is -2.52. The molecule has 0 aliphatic carbocycles. The molecule has 2 fully saturated rings. The zero-order valence-electron chi connectivity index (χ0n) is 12.8. The molecule has 2 aliphatic heterocycles. The maximum absolute atomic E-state index is 12.2. The summed E-state index contributed by atoms with van der Waals surface area (Å²) in [6.45, 7) is 0.772. The molecule has 22 heavy (non-hydrogen) atoms. The molecule has 1 spiro atoms. The van der Waals surface area contributed by atoms with Gasteiger partial charge in [0.25, 0.3) is 10.2 Å². The Hall–Kier alpha value is -1.44.